The minimum Gasteiger partial charge on any atom is -0.493 e. The number of rotatable bonds is 6. The van der Waals surface area contributed by atoms with E-state index in [1.165, 1.54) is 4.90 Å². The van der Waals surface area contributed by atoms with Gasteiger partial charge < -0.3 is 19.5 Å². The normalized spacial score (nSPS) is 17.7. The molecule has 23 heavy (non-hydrogen) atoms. The van der Waals surface area contributed by atoms with Gasteiger partial charge in [0.1, 0.15) is 6.04 Å². The molecule has 0 unspecified atom stereocenters. The number of nitrogens with zero attached hydrogens (tertiary/aromatic N) is 1. The number of ether oxygens (including phenoxy) is 2. The summed E-state index contributed by atoms with van der Waals surface area (Å²) in [4.78, 5) is 25.0. The van der Waals surface area contributed by atoms with Gasteiger partial charge in [-0.15, -0.1) is 0 Å². The van der Waals surface area contributed by atoms with Crippen molar-refractivity contribution in [2.45, 2.75) is 38.6 Å². The summed E-state index contributed by atoms with van der Waals surface area (Å²) in [7, 11) is 1.57. The van der Waals surface area contributed by atoms with Crippen LogP contribution in [0.25, 0.3) is 0 Å². The van der Waals surface area contributed by atoms with Crippen LogP contribution >= 0.6 is 0 Å². The van der Waals surface area contributed by atoms with Gasteiger partial charge in [-0.3, -0.25) is 4.79 Å². The number of aryl methyl sites for hydroxylation is 1. The largest absolute Gasteiger partial charge is 0.493 e. The molecule has 1 amide bonds. The molecule has 1 heterocycles. The van der Waals surface area contributed by atoms with Crippen LogP contribution in [0.2, 0.25) is 0 Å². The average molecular weight is 321 g/mol. The maximum atomic E-state index is 12.3. The summed E-state index contributed by atoms with van der Waals surface area (Å²) in [5.74, 6) is 0.0977. The minimum atomic E-state index is -0.931. The fraction of sp³-hybridized carbons (Fsp3) is 0.529. The molecule has 126 valence electrons. The Hall–Kier alpha value is -2.24. The van der Waals surface area contributed by atoms with Gasteiger partial charge in [-0.2, -0.15) is 0 Å². The van der Waals surface area contributed by atoms with E-state index in [1.807, 2.05) is 19.1 Å². The molecule has 2 rings (SSSR count). The number of amides is 1. The fourth-order valence-electron chi connectivity index (χ4n) is 2.77. The third kappa shape index (κ3) is 4.37. The summed E-state index contributed by atoms with van der Waals surface area (Å²) in [6.45, 7) is 2.66. The molecule has 1 aliphatic heterocycles. The highest BCUT2D eigenvalue weighted by Crippen LogP contribution is 2.28. The SMILES string of the molecule is COc1cc(C)ccc1OCCC(=O)N1CCCC[C@@H]1C(=O)O. The zero-order valence-electron chi connectivity index (χ0n) is 13.6. The molecule has 1 aliphatic rings. The molecule has 6 heteroatoms. The van der Waals surface area contributed by atoms with Crippen molar-refractivity contribution in [1.29, 1.82) is 0 Å². The Morgan fingerprint density at radius 1 is 1.30 bits per heavy atom. The third-order valence-corrected chi connectivity index (χ3v) is 4.00. The average Bonchev–Trinajstić information content (AvgIpc) is 2.55. The van der Waals surface area contributed by atoms with E-state index in [2.05, 4.69) is 0 Å². The molecule has 6 nitrogen and oxygen atoms in total. The smallest absolute Gasteiger partial charge is 0.326 e. The lowest BCUT2D eigenvalue weighted by molar-refractivity contribution is -0.152. The molecule has 1 N–H and O–H groups in total. The van der Waals surface area contributed by atoms with Crippen molar-refractivity contribution in [2.24, 2.45) is 0 Å². The first-order valence-corrected chi connectivity index (χ1v) is 7.82. The number of piperidine rings is 1. The topological polar surface area (TPSA) is 76.1 Å². The maximum Gasteiger partial charge on any atom is 0.326 e. The molecule has 0 aromatic heterocycles. The van der Waals surface area contributed by atoms with E-state index >= 15 is 0 Å². The first-order valence-electron chi connectivity index (χ1n) is 7.82. The monoisotopic (exact) mass is 321 g/mol. The van der Waals surface area contributed by atoms with Crippen LogP contribution in [0.4, 0.5) is 0 Å². The molecule has 0 radical (unpaired) electrons. The number of carboxylic acid groups (broad SMARTS) is 1. The Labute approximate surface area is 136 Å². The van der Waals surface area contributed by atoms with Gasteiger partial charge in [0.2, 0.25) is 5.91 Å². The highest BCUT2D eigenvalue weighted by Gasteiger charge is 2.31. The van der Waals surface area contributed by atoms with Crippen molar-refractivity contribution < 1.29 is 24.2 Å². The zero-order chi connectivity index (χ0) is 16.8. The summed E-state index contributed by atoms with van der Waals surface area (Å²) in [6.07, 6.45) is 2.37. The van der Waals surface area contributed by atoms with Crippen LogP contribution in [0.5, 0.6) is 11.5 Å². The molecule has 1 saturated heterocycles. The molecule has 1 atom stereocenters. The van der Waals surface area contributed by atoms with E-state index < -0.39 is 12.0 Å². The van der Waals surface area contributed by atoms with E-state index in [0.717, 1.165) is 18.4 Å². The van der Waals surface area contributed by atoms with Crippen molar-refractivity contribution in [3.05, 3.63) is 23.8 Å². The number of carbonyl (C=O) groups excluding carboxylic acids is 1. The highest BCUT2D eigenvalue weighted by molar-refractivity contribution is 5.83. The van der Waals surface area contributed by atoms with Crippen LogP contribution in [0.3, 0.4) is 0 Å². The van der Waals surface area contributed by atoms with Gasteiger partial charge in [0.25, 0.3) is 0 Å². The summed E-state index contributed by atoms with van der Waals surface area (Å²) in [6, 6.07) is 4.87. The van der Waals surface area contributed by atoms with Crippen LogP contribution in [-0.2, 0) is 9.59 Å². The molecule has 0 saturated carbocycles. The quantitative estimate of drug-likeness (QED) is 0.869. The Kier molecular flexibility index (Phi) is 5.84. The minimum absolute atomic E-state index is 0.154. The summed E-state index contributed by atoms with van der Waals surface area (Å²) < 4.78 is 10.9. The fourth-order valence-corrected chi connectivity index (χ4v) is 2.77. The molecule has 0 aliphatic carbocycles. The predicted octanol–water partition coefficient (Wildman–Crippen LogP) is 2.24. The number of benzene rings is 1. The number of likely N-dealkylation sites (tertiary alicyclic amines) is 1. The van der Waals surface area contributed by atoms with Crippen molar-refractivity contribution in [1.82, 2.24) is 4.90 Å². The number of carboxylic acids is 1. The van der Waals surface area contributed by atoms with Gasteiger partial charge in [-0.25, -0.2) is 4.79 Å². The van der Waals surface area contributed by atoms with Gasteiger partial charge in [0, 0.05) is 6.54 Å². The Balaban J connectivity index is 1.90. The number of hydrogen-bond acceptors (Lipinski definition) is 4. The Morgan fingerprint density at radius 3 is 2.78 bits per heavy atom. The van der Waals surface area contributed by atoms with Crippen molar-refractivity contribution in [3.8, 4) is 11.5 Å². The number of hydrogen-bond donors (Lipinski definition) is 1. The lowest BCUT2D eigenvalue weighted by Crippen LogP contribution is -2.48. The standard InChI is InChI=1S/C17H23NO5/c1-12-6-7-14(15(11-12)22-2)23-10-8-16(19)18-9-4-3-5-13(18)17(20)21/h6-7,11,13H,3-5,8-10H2,1-2H3,(H,20,21)/t13-/m1/s1. The van der Waals surface area contributed by atoms with Crippen molar-refractivity contribution in [2.75, 3.05) is 20.3 Å². The van der Waals surface area contributed by atoms with Crippen LogP contribution in [-0.4, -0.2) is 48.2 Å². The highest BCUT2D eigenvalue weighted by atomic mass is 16.5. The second kappa shape index (κ2) is 7.85. The molecule has 1 fully saturated rings. The summed E-state index contributed by atoms with van der Waals surface area (Å²) in [5.41, 5.74) is 1.06. The summed E-state index contributed by atoms with van der Waals surface area (Å²) in [5, 5.41) is 9.21. The third-order valence-electron chi connectivity index (χ3n) is 4.00. The zero-order valence-corrected chi connectivity index (χ0v) is 13.6. The van der Waals surface area contributed by atoms with E-state index in [-0.39, 0.29) is 18.9 Å². The molecular weight excluding hydrogens is 298 g/mol. The second-order valence-electron chi connectivity index (χ2n) is 5.69. The first kappa shape index (κ1) is 17.1. The van der Waals surface area contributed by atoms with Crippen LogP contribution < -0.4 is 9.47 Å². The van der Waals surface area contributed by atoms with Gasteiger partial charge >= 0.3 is 5.97 Å². The molecular formula is C17H23NO5. The van der Waals surface area contributed by atoms with Gasteiger partial charge in [-0.1, -0.05) is 6.07 Å². The van der Waals surface area contributed by atoms with Crippen LogP contribution in [0, 0.1) is 6.92 Å². The van der Waals surface area contributed by atoms with Gasteiger partial charge in [-0.05, 0) is 43.9 Å². The molecule has 0 bridgehead atoms. The Morgan fingerprint density at radius 2 is 2.09 bits per heavy atom. The van der Waals surface area contributed by atoms with Gasteiger partial charge in [0.05, 0.1) is 20.1 Å². The second-order valence-corrected chi connectivity index (χ2v) is 5.69. The van der Waals surface area contributed by atoms with E-state index in [9.17, 15) is 14.7 Å². The first-order chi connectivity index (χ1) is 11.0. The molecule has 0 spiro atoms. The number of carbonyl (C=O) groups is 2. The predicted molar refractivity (Wildman–Crippen MR) is 84.8 cm³/mol. The Bertz CT molecular complexity index is 572. The van der Waals surface area contributed by atoms with Crippen molar-refractivity contribution in [3.63, 3.8) is 0 Å². The van der Waals surface area contributed by atoms with Gasteiger partial charge in [0.15, 0.2) is 11.5 Å². The van der Waals surface area contributed by atoms with Crippen molar-refractivity contribution >= 4 is 11.9 Å². The lowest BCUT2D eigenvalue weighted by atomic mass is 10.0. The van der Waals surface area contributed by atoms with Crippen LogP contribution in [0.1, 0.15) is 31.2 Å². The van der Waals surface area contributed by atoms with E-state index in [4.69, 9.17) is 9.47 Å². The lowest BCUT2D eigenvalue weighted by Gasteiger charge is -2.33. The molecule has 1 aromatic rings. The maximum absolute atomic E-state index is 12.3. The number of methoxy groups -OCH3 is 1. The van der Waals surface area contributed by atoms with E-state index in [1.54, 1.807) is 13.2 Å². The van der Waals surface area contributed by atoms with E-state index in [0.29, 0.717) is 24.5 Å². The summed E-state index contributed by atoms with van der Waals surface area (Å²) >= 11 is 0. The van der Waals surface area contributed by atoms with Crippen LogP contribution in [0.15, 0.2) is 18.2 Å². The number of aliphatic carboxylic acids is 1. The molecule has 1 aromatic carbocycles.